The van der Waals surface area contributed by atoms with Crippen LogP contribution in [-0.4, -0.2) is 29.1 Å². The van der Waals surface area contributed by atoms with Crippen LogP contribution in [0.3, 0.4) is 0 Å². The van der Waals surface area contributed by atoms with Crippen molar-refractivity contribution in [2.45, 2.75) is 38.8 Å². The molecule has 0 amide bonds. The van der Waals surface area contributed by atoms with E-state index in [-0.39, 0.29) is 18.9 Å². The van der Waals surface area contributed by atoms with Gasteiger partial charge in [0.25, 0.3) is 0 Å². The third kappa shape index (κ3) is 3.82. The van der Waals surface area contributed by atoms with Crippen LogP contribution in [0.4, 0.5) is 0 Å². The Balaban J connectivity index is 3.38. The Hall–Kier alpha value is -0.120. The number of aliphatic hydroxyl groups is 2. The molecule has 0 aliphatic heterocycles. The van der Waals surface area contributed by atoms with Gasteiger partial charge in [0.05, 0.1) is 12.8 Å². The fourth-order valence-corrected chi connectivity index (χ4v) is 0.826. The van der Waals surface area contributed by atoms with Gasteiger partial charge in [-0.1, -0.05) is 13.3 Å². The van der Waals surface area contributed by atoms with Gasteiger partial charge in [-0.05, 0) is 13.3 Å². The summed E-state index contributed by atoms with van der Waals surface area (Å²) in [7, 11) is 0. The molecule has 0 aromatic carbocycles. The normalized spacial score (nSPS) is 16.8. The van der Waals surface area contributed by atoms with Gasteiger partial charge in [0.1, 0.15) is 0 Å². The van der Waals surface area contributed by atoms with E-state index >= 15 is 0 Å². The Bertz CT molecular complexity index is 68.0. The number of aliphatic hydroxyl groups excluding tert-OH is 2. The summed E-state index contributed by atoms with van der Waals surface area (Å²) >= 11 is 0. The lowest BCUT2D eigenvalue weighted by molar-refractivity contribution is 0.106. The molecule has 0 aliphatic carbocycles. The molecule has 0 aliphatic rings. The van der Waals surface area contributed by atoms with E-state index in [0.717, 1.165) is 12.8 Å². The van der Waals surface area contributed by atoms with Crippen molar-refractivity contribution in [1.82, 2.24) is 5.32 Å². The minimum Gasteiger partial charge on any atom is -0.392 e. The second-order valence-corrected chi connectivity index (χ2v) is 2.51. The van der Waals surface area contributed by atoms with Crippen LogP contribution < -0.4 is 5.32 Å². The number of hydrogen-bond acceptors (Lipinski definition) is 3. The zero-order valence-corrected chi connectivity index (χ0v) is 6.67. The van der Waals surface area contributed by atoms with E-state index in [1.165, 1.54) is 0 Å². The molecule has 3 heteroatoms. The van der Waals surface area contributed by atoms with Crippen molar-refractivity contribution in [3.05, 3.63) is 0 Å². The van der Waals surface area contributed by atoms with Crippen LogP contribution in [0.5, 0.6) is 0 Å². The molecule has 0 bridgehead atoms. The average Bonchev–Trinajstić information content (AvgIpc) is 1.89. The summed E-state index contributed by atoms with van der Waals surface area (Å²) in [5.41, 5.74) is 0. The molecule has 3 nitrogen and oxygen atoms in total. The van der Waals surface area contributed by atoms with Crippen molar-refractivity contribution in [3.63, 3.8) is 0 Å². The molecule has 3 N–H and O–H groups in total. The predicted molar refractivity (Wildman–Crippen MR) is 40.6 cm³/mol. The largest absolute Gasteiger partial charge is 0.392 e. The van der Waals surface area contributed by atoms with Crippen LogP contribution in [0, 0.1) is 0 Å². The van der Waals surface area contributed by atoms with Crippen LogP contribution >= 0.6 is 0 Å². The highest BCUT2D eigenvalue weighted by molar-refractivity contribution is 4.68. The zero-order valence-electron chi connectivity index (χ0n) is 6.67. The van der Waals surface area contributed by atoms with Crippen LogP contribution in [0.25, 0.3) is 0 Å². The summed E-state index contributed by atoms with van der Waals surface area (Å²) in [6.07, 6.45) is 1.42. The molecule has 2 atom stereocenters. The van der Waals surface area contributed by atoms with Crippen molar-refractivity contribution in [2.24, 2.45) is 0 Å². The molecule has 2 unspecified atom stereocenters. The highest BCUT2D eigenvalue weighted by Gasteiger charge is 2.10. The van der Waals surface area contributed by atoms with Crippen LogP contribution in [0.15, 0.2) is 0 Å². The zero-order chi connectivity index (χ0) is 7.98. The second-order valence-electron chi connectivity index (χ2n) is 2.51. The first-order chi connectivity index (χ1) is 4.72. The summed E-state index contributed by atoms with van der Waals surface area (Å²) in [5.74, 6) is 0. The first-order valence-corrected chi connectivity index (χ1v) is 3.74. The lowest BCUT2D eigenvalue weighted by Gasteiger charge is -2.17. The van der Waals surface area contributed by atoms with Crippen LogP contribution in [0.2, 0.25) is 0 Å². The molecule has 10 heavy (non-hydrogen) atoms. The van der Waals surface area contributed by atoms with E-state index in [2.05, 4.69) is 5.32 Å². The van der Waals surface area contributed by atoms with Gasteiger partial charge in [-0.2, -0.15) is 0 Å². The van der Waals surface area contributed by atoms with Gasteiger partial charge in [-0.15, -0.1) is 0 Å². The van der Waals surface area contributed by atoms with Crippen LogP contribution in [0.1, 0.15) is 26.7 Å². The summed E-state index contributed by atoms with van der Waals surface area (Å²) in [4.78, 5) is 0. The van der Waals surface area contributed by atoms with E-state index in [9.17, 15) is 5.11 Å². The van der Waals surface area contributed by atoms with E-state index in [1.807, 2.05) is 13.8 Å². The summed E-state index contributed by atoms with van der Waals surface area (Å²) in [5, 5.41) is 20.4. The van der Waals surface area contributed by atoms with Crippen LogP contribution in [-0.2, 0) is 0 Å². The molecule has 0 rings (SSSR count). The molecule has 0 spiro atoms. The lowest BCUT2D eigenvalue weighted by atomic mass is 10.1. The van der Waals surface area contributed by atoms with Gasteiger partial charge in [0.2, 0.25) is 0 Å². The molecular formula is C7H17NO2. The van der Waals surface area contributed by atoms with Crippen molar-refractivity contribution in [2.75, 3.05) is 6.73 Å². The van der Waals surface area contributed by atoms with Crippen molar-refractivity contribution < 1.29 is 10.2 Å². The number of nitrogens with one attached hydrogen (secondary N) is 1. The smallest absolute Gasteiger partial charge is 0.0934 e. The molecule has 0 heterocycles. The third-order valence-corrected chi connectivity index (χ3v) is 1.57. The Kier molecular flexibility index (Phi) is 5.58. The Labute approximate surface area is 62.1 Å². The predicted octanol–water partition coefficient (Wildman–Crippen LogP) is 0.0753. The van der Waals surface area contributed by atoms with Gasteiger partial charge in [-0.3, -0.25) is 5.32 Å². The molecule has 0 aromatic heterocycles. The average molecular weight is 147 g/mol. The van der Waals surface area contributed by atoms with E-state index in [1.54, 1.807) is 0 Å². The molecule has 62 valence electrons. The maximum Gasteiger partial charge on any atom is 0.0934 e. The highest BCUT2D eigenvalue weighted by Crippen LogP contribution is 2.00. The van der Waals surface area contributed by atoms with Gasteiger partial charge in [0.15, 0.2) is 0 Å². The molecule has 0 aromatic rings. The monoisotopic (exact) mass is 147 g/mol. The topological polar surface area (TPSA) is 52.5 Å². The van der Waals surface area contributed by atoms with E-state index in [4.69, 9.17) is 5.11 Å². The maximum absolute atomic E-state index is 9.28. The lowest BCUT2D eigenvalue weighted by Crippen LogP contribution is -2.37. The molecule has 0 radical (unpaired) electrons. The first-order valence-electron chi connectivity index (χ1n) is 3.74. The Morgan fingerprint density at radius 2 is 2.10 bits per heavy atom. The molecular weight excluding hydrogens is 130 g/mol. The molecule has 0 saturated heterocycles. The Morgan fingerprint density at radius 1 is 1.50 bits per heavy atom. The second kappa shape index (κ2) is 5.65. The van der Waals surface area contributed by atoms with E-state index in [0.29, 0.717) is 0 Å². The minimum absolute atomic E-state index is 0.00931. The fourth-order valence-electron chi connectivity index (χ4n) is 0.826. The third-order valence-electron chi connectivity index (χ3n) is 1.57. The highest BCUT2D eigenvalue weighted by atomic mass is 16.3. The quantitative estimate of drug-likeness (QED) is 0.482. The standard InChI is InChI=1S/C7H17NO2/c1-3-4-7(10)6(2)8-5-9/h6-10H,3-5H2,1-2H3. The van der Waals surface area contributed by atoms with Crippen molar-refractivity contribution in [1.29, 1.82) is 0 Å². The van der Waals surface area contributed by atoms with Gasteiger partial charge in [-0.25, -0.2) is 0 Å². The summed E-state index contributed by atoms with van der Waals surface area (Å²) in [6.45, 7) is 3.81. The first kappa shape index (κ1) is 9.88. The molecule has 0 fully saturated rings. The van der Waals surface area contributed by atoms with Crippen molar-refractivity contribution >= 4 is 0 Å². The Morgan fingerprint density at radius 3 is 2.50 bits per heavy atom. The minimum atomic E-state index is -0.336. The van der Waals surface area contributed by atoms with Gasteiger partial charge in [0, 0.05) is 6.04 Å². The molecule has 0 saturated carbocycles. The van der Waals surface area contributed by atoms with Gasteiger partial charge >= 0.3 is 0 Å². The van der Waals surface area contributed by atoms with Gasteiger partial charge < -0.3 is 10.2 Å². The van der Waals surface area contributed by atoms with Crippen molar-refractivity contribution in [3.8, 4) is 0 Å². The summed E-state index contributed by atoms with van der Waals surface area (Å²) < 4.78 is 0. The number of rotatable bonds is 5. The van der Waals surface area contributed by atoms with E-state index < -0.39 is 0 Å². The number of hydrogen-bond donors (Lipinski definition) is 3. The fraction of sp³-hybridized carbons (Fsp3) is 1.00. The maximum atomic E-state index is 9.28. The summed E-state index contributed by atoms with van der Waals surface area (Å²) in [6, 6.07) is -0.00931. The SMILES string of the molecule is CCCC(O)C(C)NCO.